The average molecular weight is 340 g/mol. The van der Waals surface area contributed by atoms with Crippen LogP contribution in [0.1, 0.15) is 19.4 Å². The third-order valence-corrected chi connectivity index (χ3v) is 5.22. The molecule has 0 bridgehead atoms. The molecule has 124 valence electrons. The highest BCUT2D eigenvalue weighted by molar-refractivity contribution is 8.00. The van der Waals surface area contributed by atoms with Crippen molar-refractivity contribution < 1.29 is 4.79 Å². The van der Waals surface area contributed by atoms with Crippen LogP contribution in [0, 0.1) is 5.92 Å². The molecular weight excluding hydrogens is 320 g/mol. The molecule has 3 rings (SSSR count). The lowest BCUT2D eigenvalue weighted by Crippen LogP contribution is -2.35. The molecular formula is C18H20N4OS. The van der Waals surface area contributed by atoms with Crippen LogP contribution in [0.5, 0.6) is 0 Å². The lowest BCUT2D eigenvalue weighted by atomic mass is 10.1. The Balaban J connectivity index is 1.71. The maximum atomic E-state index is 12.6. The standard InChI is InChI=1S/C18H20N4OS/c1-13(2)16(17(23)20-11-14-6-5-8-19-10-14)24-18-21-12-15-7-3-4-9-22(15)18/h3-10,12-13,16H,11H2,1-2H3,(H,20,23)/t16-/m1/s1. The number of aromatic nitrogens is 3. The minimum atomic E-state index is -0.201. The first-order valence-corrected chi connectivity index (χ1v) is 8.78. The van der Waals surface area contributed by atoms with Gasteiger partial charge in [0.25, 0.3) is 0 Å². The van der Waals surface area contributed by atoms with E-state index in [0.29, 0.717) is 6.54 Å². The van der Waals surface area contributed by atoms with Gasteiger partial charge in [0.2, 0.25) is 5.91 Å². The molecule has 0 aliphatic heterocycles. The van der Waals surface area contributed by atoms with E-state index >= 15 is 0 Å². The van der Waals surface area contributed by atoms with Gasteiger partial charge in [-0.2, -0.15) is 0 Å². The summed E-state index contributed by atoms with van der Waals surface area (Å²) in [4.78, 5) is 21.2. The van der Waals surface area contributed by atoms with Crippen LogP contribution in [0.3, 0.4) is 0 Å². The van der Waals surface area contributed by atoms with E-state index in [1.54, 1.807) is 12.4 Å². The van der Waals surface area contributed by atoms with Gasteiger partial charge in [0.05, 0.1) is 17.0 Å². The number of imidazole rings is 1. The Morgan fingerprint density at radius 2 is 2.12 bits per heavy atom. The zero-order valence-electron chi connectivity index (χ0n) is 13.7. The largest absolute Gasteiger partial charge is 0.351 e. The molecule has 0 aromatic carbocycles. The van der Waals surface area contributed by atoms with E-state index in [2.05, 4.69) is 29.1 Å². The average Bonchev–Trinajstić information content (AvgIpc) is 3.01. The fraction of sp³-hybridized carbons (Fsp3) is 0.278. The van der Waals surface area contributed by atoms with Gasteiger partial charge in [-0.15, -0.1) is 0 Å². The normalized spacial score (nSPS) is 12.5. The molecule has 0 saturated carbocycles. The molecule has 0 aliphatic carbocycles. The predicted molar refractivity (Wildman–Crippen MR) is 95.8 cm³/mol. The third-order valence-electron chi connectivity index (χ3n) is 3.69. The molecule has 0 saturated heterocycles. The van der Waals surface area contributed by atoms with Gasteiger partial charge in [0.1, 0.15) is 0 Å². The van der Waals surface area contributed by atoms with Crippen molar-refractivity contribution in [3.63, 3.8) is 0 Å². The summed E-state index contributed by atoms with van der Waals surface area (Å²) in [6, 6.07) is 9.77. The fourth-order valence-corrected chi connectivity index (χ4v) is 3.49. The van der Waals surface area contributed by atoms with Crippen LogP contribution in [0.25, 0.3) is 5.52 Å². The highest BCUT2D eigenvalue weighted by Gasteiger charge is 2.25. The van der Waals surface area contributed by atoms with E-state index in [1.807, 2.05) is 47.1 Å². The molecule has 1 amide bonds. The summed E-state index contributed by atoms with van der Waals surface area (Å²) in [6.07, 6.45) is 7.28. The maximum absolute atomic E-state index is 12.6. The van der Waals surface area contributed by atoms with Crippen LogP contribution in [0.2, 0.25) is 0 Å². The number of pyridine rings is 2. The van der Waals surface area contributed by atoms with Crippen LogP contribution in [0.4, 0.5) is 0 Å². The molecule has 5 nitrogen and oxygen atoms in total. The summed E-state index contributed by atoms with van der Waals surface area (Å²) in [6.45, 7) is 4.59. The number of hydrogen-bond acceptors (Lipinski definition) is 4. The van der Waals surface area contributed by atoms with Crippen molar-refractivity contribution >= 4 is 23.2 Å². The topological polar surface area (TPSA) is 59.3 Å². The maximum Gasteiger partial charge on any atom is 0.234 e. The summed E-state index contributed by atoms with van der Waals surface area (Å²) in [5.41, 5.74) is 2.02. The van der Waals surface area contributed by atoms with E-state index in [-0.39, 0.29) is 17.1 Å². The Bertz CT molecular complexity index is 816. The van der Waals surface area contributed by atoms with Crippen molar-refractivity contribution in [2.75, 3.05) is 0 Å². The first-order valence-electron chi connectivity index (χ1n) is 7.90. The van der Waals surface area contributed by atoms with Gasteiger partial charge in [0, 0.05) is 25.1 Å². The summed E-state index contributed by atoms with van der Waals surface area (Å²) in [7, 11) is 0. The van der Waals surface area contributed by atoms with Crippen molar-refractivity contribution in [2.45, 2.75) is 30.8 Å². The van der Waals surface area contributed by atoms with Gasteiger partial charge in [0.15, 0.2) is 5.16 Å². The van der Waals surface area contributed by atoms with E-state index < -0.39 is 0 Å². The molecule has 0 aliphatic rings. The van der Waals surface area contributed by atoms with Crippen LogP contribution in [0.15, 0.2) is 60.3 Å². The number of thioether (sulfide) groups is 1. The Morgan fingerprint density at radius 1 is 1.25 bits per heavy atom. The van der Waals surface area contributed by atoms with Crippen molar-refractivity contribution in [1.29, 1.82) is 0 Å². The number of nitrogens with one attached hydrogen (secondary N) is 1. The molecule has 1 atom stereocenters. The molecule has 0 radical (unpaired) electrons. The van der Waals surface area contributed by atoms with Gasteiger partial charge < -0.3 is 5.32 Å². The van der Waals surface area contributed by atoms with Gasteiger partial charge >= 0.3 is 0 Å². The van der Waals surface area contributed by atoms with Crippen LogP contribution < -0.4 is 5.32 Å². The molecule has 0 unspecified atom stereocenters. The molecule has 3 aromatic heterocycles. The van der Waals surface area contributed by atoms with E-state index in [0.717, 1.165) is 16.2 Å². The number of nitrogens with zero attached hydrogens (tertiary/aromatic N) is 3. The SMILES string of the molecule is CC(C)[C@@H](Sc1ncc2ccccn12)C(=O)NCc1cccnc1. The molecule has 24 heavy (non-hydrogen) atoms. The number of amides is 1. The third kappa shape index (κ3) is 3.76. The van der Waals surface area contributed by atoms with Crippen molar-refractivity contribution in [2.24, 2.45) is 5.92 Å². The second-order valence-corrected chi connectivity index (χ2v) is 7.01. The number of fused-ring (bicyclic) bond motifs is 1. The van der Waals surface area contributed by atoms with E-state index in [4.69, 9.17) is 0 Å². The van der Waals surface area contributed by atoms with E-state index in [1.165, 1.54) is 11.8 Å². The Kier molecular flexibility index (Phi) is 5.15. The van der Waals surface area contributed by atoms with Crippen LogP contribution in [-0.2, 0) is 11.3 Å². The Hall–Kier alpha value is -2.34. The lowest BCUT2D eigenvalue weighted by Gasteiger charge is -2.19. The van der Waals surface area contributed by atoms with Gasteiger partial charge in [-0.25, -0.2) is 4.98 Å². The highest BCUT2D eigenvalue weighted by atomic mass is 32.2. The fourth-order valence-electron chi connectivity index (χ4n) is 2.40. The van der Waals surface area contributed by atoms with Gasteiger partial charge in [-0.05, 0) is 29.7 Å². The molecule has 1 N–H and O–H groups in total. The summed E-state index contributed by atoms with van der Waals surface area (Å²) < 4.78 is 2.01. The lowest BCUT2D eigenvalue weighted by molar-refractivity contribution is -0.121. The quantitative estimate of drug-likeness (QED) is 0.700. The first-order chi connectivity index (χ1) is 11.6. The second-order valence-electron chi connectivity index (χ2n) is 5.90. The van der Waals surface area contributed by atoms with Crippen LogP contribution >= 0.6 is 11.8 Å². The molecule has 0 spiro atoms. The molecule has 3 aromatic rings. The minimum Gasteiger partial charge on any atom is -0.351 e. The monoisotopic (exact) mass is 340 g/mol. The highest BCUT2D eigenvalue weighted by Crippen LogP contribution is 2.28. The first kappa shape index (κ1) is 16.5. The zero-order valence-corrected chi connectivity index (χ0v) is 14.5. The number of rotatable bonds is 6. The predicted octanol–water partition coefficient (Wildman–Crippen LogP) is 3.16. The molecule has 6 heteroatoms. The molecule has 0 fully saturated rings. The number of carbonyl (C=O) groups excluding carboxylic acids is 1. The van der Waals surface area contributed by atoms with Crippen LogP contribution in [-0.4, -0.2) is 25.5 Å². The summed E-state index contributed by atoms with van der Waals surface area (Å²) in [5, 5.41) is 3.64. The van der Waals surface area contributed by atoms with Gasteiger partial charge in [-0.1, -0.05) is 37.7 Å². The smallest absolute Gasteiger partial charge is 0.234 e. The minimum absolute atomic E-state index is 0.0199. The molecule has 3 heterocycles. The summed E-state index contributed by atoms with van der Waals surface area (Å²) in [5.74, 6) is 0.214. The zero-order chi connectivity index (χ0) is 16.9. The van der Waals surface area contributed by atoms with Crippen molar-refractivity contribution in [3.8, 4) is 0 Å². The Labute approximate surface area is 145 Å². The van der Waals surface area contributed by atoms with Gasteiger partial charge in [-0.3, -0.25) is 14.2 Å². The number of carbonyl (C=O) groups is 1. The van der Waals surface area contributed by atoms with Crippen molar-refractivity contribution in [1.82, 2.24) is 19.7 Å². The second kappa shape index (κ2) is 7.49. The Morgan fingerprint density at radius 3 is 2.88 bits per heavy atom. The van der Waals surface area contributed by atoms with Crippen molar-refractivity contribution in [3.05, 3.63) is 60.7 Å². The number of hydrogen-bond donors (Lipinski definition) is 1. The van der Waals surface area contributed by atoms with E-state index in [9.17, 15) is 4.79 Å². The summed E-state index contributed by atoms with van der Waals surface area (Å²) >= 11 is 1.50.